The smallest absolute Gasteiger partial charge is 0.278 e. The predicted octanol–water partition coefficient (Wildman–Crippen LogP) is 4.80. The fraction of sp³-hybridized carbons (Fsp3) is 0.407. The number of methoxy groups -OCH3 is 1. The van der Waals surface area contributed by atoms with Crippen molar-refractivity contribution in [2.75, 3.05) is 38.8 Å². The molecule has 182 valence electrons. The summed E-state index contributed by atoms with van der Waals surface area (Å²) in [5.74, 6) is 0.620. The molecule has 0 saturated heterocycles. The predicted molar refractivity (Wildman–Crippen MR) is 133 cm³/mol. The van der Waals surface area contributed by atoms with Crippen LogP contribution < -0.4 is 14.8 Å². The zero-order valence-electron chi connectivity index (χ0n) is 20.5. The van der Waals surface area contributed by atoms with Gasteiger partial charge in [0.15, 0.2) is 0 Å². The Bertz CT molecular complexity index is 1030. The van der Waals surface area contributed by atoms with Crippen molar-refractivity contribution < 1.29 is 23.8 Å². The van der Waals surface area contributed by atoms with E-state index < -0.39 is 0 Å². The highest BCUT2D eigenvalue weighted by Crippen LogP contribution is 2.34. The lowest BCUT2D eigenvalue weighted by molar-refractivity contribution is -0.137. The summed E-state index contributed by atoms with van der Waals surface area (Å²) in [6.07, 6.45) is 2.64. The van der Waals surface area contributed by atoms with Gasteiger partial charge in [0.05, 0.1) is 25.0 Å². The summed E-state index contributed by atoms with van der Waals surface area (Å²) in [4.78, 5) is 28.1. The van der Waals surface area contributed by atoms with Crippen LogP contribution in [0.3, 0.4) is 0 Å². The molecular weight excluding hydrogens is 432 g/mol. The summed E-state index contributed by atoms with van der Waals surface area (Å²) in [5.41, 5.74) is 2.86. The number of nitrogens with one attached hydrogen (secondary N) is 1. The van der Waals surface area contributed by atoms with E-state index >= 15 is 0 Å². The molecule has 1 heterocycles. The van der Waals surface area contributed by atoms with Crippen LogP contribution in [0.15, 0.2) is 48.2 Å². The SMILES string of the molecule is CCCCOCCCN1C(=O)C(Nc2cc(C)ccc2OC)=C(c2ccc(OCC)cc2)C1=O. The molecule has 0 fully saturated rings. The third-order valence-corrected chi connectivity index (χ3v) is 5.55. The molecule has 7 nitrogen and oxygen atoms in total. The number of carbonyl (C=O) groups is 2. The highest BCUT2D eigenvalue weighted by atomic mass is 16.5. The van der Waals surface area contributed by atoms with E-state index in [0.717, 1.165) is 18.4 Å². The van der Waals surface area contributed by atoms with Crippen molar-refractivity contribution in [3.05, 3.63) is 59.3 Å². The van der Waals surface area contributed by atoms with Crippen LogP contribution in [0.4, 0.5) is 5.69 Å². The van der Waals surface area contributed by atoms with Gasteiger partial charge in [0.1, 0.15) is 17.2 Å². The second-order valence-corrected chi connectivity index (χ2v) is 8.12. The van der Waals surface area contributed by atoms with E-state index in [1.807, 2.05) is 32.0 Å². The second-order valence-electron chi connectivity index (χ2n) is 8.12. The number of unbranched alkanes of at least 4 members (excludes halogenated alkanes) is 1. The Kier molecular flexibility index (Phi) is 9.10. The van der Waals surface area contributed by atoms with Crippen LogP contribution in [0.1, 0.15) is 44.2 Å². The maximum atomic E-state index is 13.4. The Labute approximate surface area is 201 Å². The summed E-state index contributed by atoms with van der Waals surface area (Å²) < 4.78 is 16.6. The van der Waals surface area contributed by atoms with E-state index in [-0.39, 0.29) is 17.5 Å². The molecule has 2 amide bonds. The fourth-order valence-electron chi connectivity index (χ4n) is 3.77. The largest absolute Gasteiger partial charge is 0.495 e. The van der Waals surface area contributed by atoms with Gasteiger partial charge in [-0.15, -0.1) is 0 Å². The van der Waals surface area contributed by atoms with Gasteiger partial charge in [0.25, 0.3) is 11.8 Å². The molecule has 0 unspecified atom stereocenters. The van der Waals surface area contributed by atoms with Gasteiger partial charge >= 0.3 is 0 Å². The van der Waals surface area contributed by atoms with Crippen molar-refractivity contribution >= 4 is 23.1 Å². The van der Waals surface area contributed by atoms with Gasteiger partial charge in [0, 0.05) is 19.8 Å². The Hall–Kier alpha value is -3.32. The molecule has 0 atom stereocenters. The van der Waals surface area contributed by atoms with Gasteiger partial charge in [-0.05, 0) is 62.1 Å². The van der Waals surface area contributed by atoms with Crippen LogP contribution in [-0.2, 0) is 14.3 Å². The van der Waals surface area contributed by atoms with Gasteiger partial charge in [-0.1, -0.05) is 31.5 Å². The lowest BCUT2D eigenvalue weighted by atomic mass is 10.0. The molecule has 0 bridgehead atoms. The summed E-state index contributed by atoms with van der Waals surface area (Å²) >= 11 is 0. The monoisotopic (exact) mass is 466 g/mol. The molecule has 1 aliphatic heterocycles. The maximum Gasteiger partial charge on any atom is 0.278 e. The molecule has 3 rings (SSSR count). The second kappa shape index (κ2) is 12.2. The Morgan fingerprint density at radius 1 is 0.941 bits per heavy atom. The molecule has 2 aromatic carbocycles. The topological polar surface area (TPSA) is 77.1 Å². The third-order valence-electron chi connectivity index (χ3n) is 5.55. The first-order chi connectivity index (χ1) is 16.5. The zero-order valence-corrected chi connectivity index (χ0v) is 20.5. The quantitative estimate of drug-likeness (QED) is 0.338. The molecule has 0 aromatic heterocycles. The average molecular weight is 467 g/mol. The molecule has 34 heavy (non-hydrogen) atoms. The van der Waals surface area contributed by atoms with E-state index in [0.29, 0.717) is 61.1 Å². The number of benzene rings is 2. The van der Waals surface area contributed by atoms with E-state index in [9.17, 15) is 9.59 Å². The molecule has 0 saturated carbocycles. The Morgan fingerprint density at radius 2 is 1.68 bits per heavy atom. The van der Waals surface area contributed by atoms with Crippen LogP contribution in [0.2, 0.25) is 0 Å². The number of amides is 2. The fourth-order valence-corrected chi connectivity index (χ4v) is 3.77. The van der Waals surface area contributed by atoms with Crippen molar-refractivity contribution in [1.29, 1.82) is 0 Å². The summed E-state index contributed by atoms with van der Waals surface area (Å²) in [5, 5.41) is 3.20. The molecular formula is C27H34N2O5. The molecule has 0 aliphatic carbocycles. The lowest BCUT2D eigenvalue weighted by Gasteiger charge is -2.16. The first-order valence-electron chi connectivity index (χ1n) is 11.8. The Morgan fingerprint density at radius 3 is 2.35 bits per heavy atom. The highest BCUT2D eigenvalue weighted by molar-refractivity contribution is 6.36. The zero-order chi connectivity index (χ0) is 24.5. The van der Waals surface area contributed by atoms with Crippen molar-refractivity contribution in [1.82, 2.24) is 4.90 Å². The van der Waals surface area contributed by atoms with Gasteiger partial charge in [0.2, 0.25) is 0 Å². The number of hydrogen-bond acceptors (Lipinski definition) is 6. The minimum atomic E-state index is -0.356. The number of ether oxygens (including phenoxy) is 3. The van der Waals surface area contributed by atoms with Crippen molar-refractivity contribution in [2.24, 2.45) is 0 Å². The number of imide groups is 1. The number of rotatable bonds is 13. The van der Waals surface area contributed by atoms with Crippen molar-refractivity contribution in [2.45, 2.75) is 40.0 Å². The molecule has 0 radical (unpaired) electrons. The number of hydrogen-bond donors (Lipinski definition) is 1. The molecule has 0 spiro atoms. The lowest BCUT2D eigenvalue weighted by Crippen LogP contribution is -2.34. The van der Waals surface area contributed by atoms with Crippen LogP contribution in [0.5, 0.6) is 11.5 Å². The number of anilines is 1. The van der Waals surface area contributed by atoms with E-state index in [1.54, 1.807) is 31.4 Å². The standard InChI is InChI=1S/C27H34N2O5/c1-5-7-16-33-17-8-15-29-26(30)24(20-10-12-21(13-11-20)34-6-2)25(27(29)31)28-22-18-19(3)9-14-23(22)32-4/h9-14,18,28H,5-8,15-17H2,1-4H3. The number of aryl methyl sites for hydroxylation is 1. The Balaban J connectivity index is 1.89. The summed E-state index contributed by atoms with van der Waals surface area (Å²) in [7, 11) is 1.57. The van der Waals surface area contributed by atoms with Gasteiger partial charge in [-0.3, -0.25) is 14.5 Å². The normalized spacial score (nSPS) is 13.6. The average Bonchev–Trinajstić information content (AvgIpc) is 3.06. The van der Waals surface area contributed by atoms with Crippen LogP contribution in [0.25, 0.3) is 5.57 Å². The van der Waals surface area contributed by atoms with Crippen molar-refractivity contribution in [3.63, 3.8) is 0 Å². The first-order valence-corrected chi connectivity index (χ1v) is 11.8. The number of nitrogens with zero attached hydrogens (tertiary/aromatic N) is 1. The van der Waals surface area contributed by atoms with E-state index in [1.165, 1.54) is 4.90 Å². The van der Waals surface area contributed by atoms with Crippen LogP contribution in [0, 0.1) is 6.92 Å². The summed E-state index contributed by atoms with van der Waals surface area (Å²) in [6, 6.07) is 12.9. The summed E-state index contributed by atoms with van der Waals surface area (Å²) in [6.45, 7) is 8.01. The number of carbonyl (C=O) groups excluding carboxylic acids is 2. The van der Waals surface area contributed by atoms with Crippen LogP contribution in [-0.4, -0.2) is 50.2 Å². The maximum absolute atomic E-state index is 13.4. The van der Waals surface area contributed by atoms with Crippen molar-refractivity contribution in [3.8, 4) is 11.5 Å². The molecule has 1 N–H and O–H groups in total. The highest BCUT2D eigenvalue weighted by Gasteiger charge is 2.39. The van der Waals surface area contributed by atoms with E-state index in [2.05, 4.69) is 12.2 Å². The van der Waals surface area contributed by atoms with Gasteiger partial charge < -0.3 is 19.5 Å². The minimum absolute atomic E-state index is 0.241. The third kappa shape index (κ3) is 5.97. The molecule has 1 aliphatic rings. The van der Waals surface area contributed by atoms with Gasteiger partial charge in [-0.2, -0.15) is 0 Å². The first kappa shape index (κ1) is 25.3. The van der Waals surface area contributed by atoms with E-state index in [4.69, 9.17) is 14.2 Å². The minimum Gasteiger partial charge on any atom is -0.495 e. The molecule has 7 heteroatoms. The van der Waals surface area contributed by atoms with Gasteiger partial charge in [-0.25, -0.2) is 0 Å². The van der Waals surface area contributed by atoms with Crippen LogP contribution >= 0.6 is 0 Å². The molecule has 2 aromatic rings.